The van der Waals surface area contributed by atoms with Crippen LogP contribution in [0.1, 0.15) is 40.1 Å². The van der Waals surface area contributed by atoms with Crippen LogP contribution in [-0.4, -0.2) is 25.0 Å². The highest BCUT2D eigenvalue weighted by Gasteiger charge is 2.32. The molecule has 0 saturated carbocycles. The lowest BCUT2D eigenvalue weighted by Crippen LogP contribution is -2.22. The molecule has 0 bridgehead atoms. The maximum Gasteiger partial charge on any atom is 0.347 e. The molecule has 2 rings (SSSR count). The normalized spacial score (nSPS) is 13.6. The zero-order valence-corrected chi connectivity index (χ0v) is 10.2. The summed E-state index contributed by atoms with van der Waals surface area (Å²) in [5, 5.41) is 0. The zero-order valence-electron chi connectivity index (χ0n) is 10.2. The fourth-order valence-electron chi connectivity index (χ4n) is 2.16. The number of carbonyl (C=O) groups is 2. The summed E-state index contributed by atoms with van der Waals surface area (Å²) >= 11 is 0. The van der Waals surface area contributed by atoms with Gasteiger partial charge in [0.05, 0.1) is 11.1 Å². The molecule has 90 valence electrons. The molecule has 4 heteroatoms. The van der Waals surface area contributed by atoms with Crippen LogP contribution in [0.5, 0.6) is 0 Å². The van der Waals surface area contributed by atoms with Gasteiger partial charge < -0.3 is 9.64 Å². The van der Waals surface area contributed by atoms with Crippen LogP contribution in [-0.2, 0) is 4.74 Å². The molecule has 0 aromatic heterocycles. The molecule has 0 unspecified atom stereocenters. The van der Waals surface area contributed by atoms with Crippen molar-refractivity contribution in [2.75, 3.05) is 18.0 Å². The summed E-state index contributed by atoms with van der Waals surface area (Å²) in [5.41, 5.74) is 2.54. The van der Waals surface area contributed by atoms with Crippen LogP contribution in [0.4, 0.5) is 5.69 Å². The number of hydrogen-bond donors (Lipinski definition) is 0. The number of rotatable bonds is 3. The fourth-order valence-corrected chi connectivity index (χ4v) is 2.16. The largest absolute Gasteiger partial charge is 0.386 e. The van der Waals surface area contributed by atoms with Gasteiger partial charge in [0, 0.05) is 18.8 Å². The van der Waals surface area contributed by atoms with E-state index < -0.39 is 11.9 Å². The minimum absolute atomic E-state index is 0.386. The Labute approximate surface area is 100 Å². The molecule has 0 saturated heterocycles. The predicted octanol–water partition coefficient (Wildman–Crippen LogP) is 2.15. The van der Waals surface area contributed by atoms with E-state index in [1.807, 2.05) is 13.0 Å². The highest BCUT2D eigenvalue weighted by molar-refractivity contribution is 6.16. The number of fused-ring (bicyclic) bond motifs is 1. The Hall–Kier alpha value is -1.84. The van der Waals surface area contributed by atoms with Crippen LogP contribution in [0.25, 0.3) is 0 Å². The van der Waals surface area contributed by atoms with Gasteiger partial charge in [0.15, 0.2) is 0 Å². The lowest BCUT2D eigenvalue weighted by atomic mass is 10.0. The Balaban J connectivity index is 2.55. The van der Waals surface area contributed by atoms with E-state index in [2.05, 4.69) is 23.5 Å². The van der Waals surface area contributed by atoms with Crippen molar-refractivity contribution in [2.45, 2.75) is 20.8 Å². The van der Waals surface area contributed by atoms with Gasteiger partial charge in [-0.15, -0.1) is 0 Å². The van der Waals surface area contributed by atoms with Gasteiger partial charge >= 0.3 is 11.9 Å². The Morgan fingerprint density at radius 2 is 1.76 bits per heavy atom. The number of benzene rings is 1. The van der Waals surface area contributed by atoms with E-state index in [0.29, 0.717) is 11.1 Å². The number of aryl methyl sites for hydroxylation is 1. The molecule has 1 aliphatic rings. The maximum atomic E-state index is 11.5. The van der Waals surface area contributed by atoms with Crippen LogP contribution in [0.15, 0.2) is 12.1 Å². The molecule has 1 aliphatic heterocycles. The number of nitrogens with zero attached hydrogens (tertiary/aromatic N) is 1. The second-order valence-corrected chi connectivity index (χ2v) is 4.03. The average molecular weight is 233 g/mol. The summed E-state index contributed by atoms with van der Waals surface area (Å²) in [6.45, 7) is 7.65. The van der Waals surface area contributed by atoms with Crippen molar-refractivity contribution < 1.29 is 14.3 Å². The zero-order chi connectivity index (χ0) is 12.6. The molecule has 17 heavy (non-hydrogen) atoms. The van der Waals surface area contributed by atoms with Gasteiger partial charge in [-0.2, -0.15) is 0 Å². The molecule has 1 aromatic carbocycles. The predicted molar refractivity (Wildman–Crippen MR) is 64.5 cm³/mol. The Morgan fingerprint density at radius 1 is 1.12 bits per heavy atom. The van der Waals surface area contributed by atoms with E-state index in [1.54, 1.807) is 6.07 Å². The van der Waals surface area contributed by atoms with Crippen molar-refractivity contribution in [1.29, 1.82) is 0 Å². The molecule has 0 radical (unpaired) electrons. The topological polar surface area (TPSA) is 46.6 Å². The lowest BCUT2D eigenvalue weighted by Gasteiger charge is -2.21. The van der Waals surface area contributed by atoms with Crippen LogP contribution in [0.3, 0.4) is 0 Å². The van der Waals surface area contributed by atoms with Gasteiger partial charge in [0.2, 0.25) is 0 Å². The minimum Gasteiger partial charge on any atom is -0.386 e. The molecule has 4 nitrogen and oxygen atoms in total. The first-order valence-electron chi connectivity index (χ1n) is 5.74. The van der Waals surface area contributed by atoms with Gasteiger partial charge in [0.1, 0.15) is 0 Å². The second-order valence-electron chi connectivity index (χ2n) is 4.03. The highest BCUT2D eigenvalue weighted by atomic mass is 16.6. The lowest BCUT2D eigenvalue weighted by molar-refractivity contribution is 0.0443. The first kappa shape index (κ1) is 11.6. The van der Waals surface area contributed by atoms with Gasteiger partial charge in [-0.25, -0.2) is 9.59 Å². The standard InChI is InChI=1S/C13H15NO3/c1-4-14(5-2)9-6-8(3)11-10(7-9)12(15)17-13(11)16/h6-7H,4-5H2,1-3H3. The number of anilines is 1. The van der Waals surface area contributed by atoms with Gasteiger partial charge in [-0.1, -0.05) is 0 Å². The summed E-state index contributed by atoms with van der Waals surface area (Å²) in [6, 6.07) is 3.66. The van der Waals surface area contributed by atoms with E-state index >= 15 is 0 Å². The first-order chi connectivity index (χ1) is 8.08. The molecule has 0 amide bonds. The van der Waals surface area contributed by atoms with Crippen molar-refractivity contribution in [2.24, 2.45) is 0 Å². The van der Waals surface area contributed by atoms with E-state index in [0.717, 1.165) is 24.3 Å². The van der Waals surface area contributed by atoms with Crippen LogP contribution in [0.2, 0.25) is 0 Å². The highest BCUT2D eigenvalue weighted by Crippen LogP contribution is 2.28. The van der Waals surface area contributed by atoms with Crippen molar-refractivity contribution in [3.05, 3.63) is 28.8 Å². The molecule has 0 fully saturated rings. The SMILES string of the molecule is CCN(CC)c1cc(C)c2c(c1)C(=O)OC2=O. The van der Waals surface area contributed by atoms with Crippen molar-refractivity contribution in [3.63, 3.8) is 0 Å². The first-order valence-corrected chi connectivity index (χ1v) is 5.74. The molecule has 0 atom stereocenters. The molecule has 0 aliphatic carbocycles. The minimum atomic E-state index is -0.540. The maximum absolute atomic E-state index is 11.5. The van der Waals surface area contributed by atoms with Crippen LogP contribution in [0, 0.1) is 6.92 Å². The number of carbonyl (C=O) groups excluding carboxylic acids is 2. The molecule has 1 heterocycles. The Morgan fingerprint density at radius 3 is 2.35 bits per heavy atom. The fraction of sp³-hybridized carbons (Fsp3) is 0.385. The summed E-state index contributed by atoms with van der Waals surface area (Å²) in [7, 11) is 0. The third-order valence-electron chi connectivity index (χ3n) is 3.06. The quantitative estimate of drug-likeness (QED) is 0.593. The van der Waals surface area contributed by atoms with Gasteiger partial charge in [0.25, 0.3) is 0 Å². The van der Waals surface area contributed by atoms with E-state index in [9.17, 15) is 9.59 Å². The van der Waals surface area contributed by atoms with Crippen molar-refractivity contribution in [1.82, 2.24) is 0 Å². The summed E-state index contributed by atoms with van der Waals surface area (Å²) < 4.78 is 4.62. The molecule has 1 aromatic rings. The van der Waals surface area contributed by atoms with Gasteiger partial charge in [-0.3, -0.25) is 0 Å². The monoisotopic (exact) mass is 233 g/mol. The summed E-state index contributed by atoms with van der Waals surface area (Å²) in [5.74, 6) is -1.07. The molecular formula is C13H15NO3. The summed E-state index contributed by atoms with van der Waals surface area (Å²) in [4.78, 5) is 25.1. The Bertz CT molecular complexity index is 490. The van der Waals surface area contributed by atoms with E-state index in [-0.39, 0.29) is 0 Å². The van der Waals surface area contributed by atoms with Crippen molar-refractivity contribution in [3.8, 4) is 0 Å². The smallest absolute Gasteiger partial charge is 0.347 e. The number of ether oxygens (including phenoxy) is 1. The average Bonchev–Trinajstić information content (AvgIpc) is 2.56. The second kappa shape index (κ2) is 4.20. The number of esters is 2. The molecule has 0 N–H and O–H groups in total. The number of hydrogen-bond acceptors (Lipinski definition) is 4. The number of cyclic esters (lactones) is 2. The summed E-state index contributed by atoms with van der Waals surface area (Å²) in [6.07, 6.45) is 0. The van der Waals surface area contributed by atoms with Gasteiger partial charge in [-0.05, 0) is 38.5 Å². The third kappa shape index (κ3) is 1.79. The molecular weight excluding hydrogens is 218 g/mol. The Kier molecular flexibility index (Phi) is 2.88. The van der Waals surface area contributed by atoms with E-state index in [4.69, 9.17) is 0 Å². The van der Waals surface area contributed by atoms with E-state index in [1.165, 1.54) is 0 Å². The third-order valence-corrected chi connectivity index (χ3v) is 3.06. The van der Waals surface area contributed by atoms with Crippen molar-refractivity contribution >= 4 is 17.6 Å². The van der Waals surface area contributed by atoms with Crippen LogP contribution < -0.4 is 4.90 Å². The van der Waals surface area contributed by atoms with Crippen LogP contribution >= 0.6 is 0 Å². The molecule has 0 spiro atoms.